The first-order valence-corrected chi connectivity index (χ1v) is 7.19. The maximum Gasteiger partial charge on any atom is 0.214 e. The zero-order valence-corrected chi connectivity index (χ0v) is 12.5. The molecule has 1 aliphatic heterocycles. The molecule has 0 aromatic heterocycles. The summed E-state index contributed by atoms with van der Waals surface area (Å²) in [6.45, 7) is 11.0. The van der Waals surface area contributed by atoms with Crippen molar-refractivity contribution in [2.75, 3.05) is 11.4 Å². The summed E-state index contributed by atoms with van der Waals surface area (Å²) in [7, 11) is 0. The molecule has 0 bridgehead atoms. The first-order chi connectivity index (χ1) is 8.86. The van der Waals surface area contributed by atoms with Crippen molar-refractivity contribution in [3.63, 3.8) is 0 Å². The summed E-state index contributed by atoms with van der Waals surface area (Å²) in [5.41, 5.74) is 3.81. The fourth-order valence-electron chi connectivity index (χ4n) is 2.14. The van der Waals surface area contributed by atoms with E-state index in [0.717, 1.165) is 32.2 Å². The van der Waals surface area contributed by atoms with Crippen LogP contribution >= 0.6 is 0 Å². The number of para-hydroxylation sites is 1. The number of fused-ring (bicyclic) bond motifs is 1. The van der Waals surface area contributed by atoms with E-state index in [-0.39, 0.29) is 0 Å². The Kier molecular flexibility index (Phi) is 8.99. The quantitative estimate of drug-likeness (QED) is 0.735. The molecule has 2 heteroatoms. The van der Waals surface area contributed by atoms with Gasteiger partial charge in [-0.15, -0.1) is 0 Å². The minimum atomic E-state index is 0.847. The lowest BCUT2D eigenvalue weighted by Gasteiger charge is -2.14. The summed E-state index contributed by atoms with van der Waals surface area (Å²) in [5.74, 6) is 0. The Morgan fingerprint density at radius 2 is 1.89 bits per heavy atom. The molecule has 0 saturated heterocycles. The van der Waals surface area contributed by atoms with E-state index in [1.807, 2.05) is 32.6 Å². The Balaban J connectivity index is 0.000000659. The minimum absolute atomic E-state index is 0.847. The van der Waals surface area contributed by atoms with Gasteiger partial charge in [0.15, 0.2) is 0 Å². The number of rotatable bonds is 3. The predicted octanol–water partition coefficient (Wildman–Crippen LogP) is 4.21. The predicted molar refractivity (Wildman–Crippen MR) is 80.2 cm³/mol. The lowest BCUT2D eigenvalue weighted by Crippen LogP contribution is -2.18. The Hall–Kier alpha value is -1.31. The zero-order chi connectivity index (χ0) is 14.0. The maximum absolute atomic E-state index is 10.9. The summed E-state index contributed by atoms with van der Waals surface area (Å²) < 4.78 is 0. The number of carbonyl (C=O) groups is 1. The number of amides is 1. The molecule has 0 atom stereocenters. The molecule has 2 nitrogen and oxygen atoms in total. The molecule has 102 valence electrons. The first kappa shape index (κ1) is 16.7. The highest BCUT2D eigenvalue weighted by Crippen LogP contribution is 2.31. The van der Waals surface area contributed by atoms with Crippen molar-refractivity contribution in [2.24, 2.45) is 0 Å². The van der Waals surface area contributed by atoms with E-state index in [4.69, 9.17) is 0 Å². The van der Waals surface area contributed by atoms with Crippen LogP contribution in [-0.4, -0.2) is 13.0 Å². The third-order valence-corrected chi connectivity index (χ3v) is 2.76. The molecule has 0 saturated carbocycles. The van der Waals surface area contributed by atoms with Gasteiger partial charge >= 0.3 is 0 Å². The average Bonchev–Trinajstić information content (AvgIpc) is 2.88. The Morgan fingerprint density at radius 3 is 2.44 bits per heavy atom. The molecular weight excluding hydrogens is 222 g/mol. The smallest absolute Gasteiger partial charge is 0.214 e. The largest absolute Gasteiger partial charge is 0.314 e. The van der Waals surface area contributed by atoms with E-state index < -0.39 is 0 Å². The van der Waals surface area contributed by atoms with Gasteiger partial charge in [0.1, 0.15) is 0 Å². The SMILES string of the molecule is CC.CC.CCCc1cccc2c1N(C=O)CC2. The van der Waals surface area contributed by atoms with Crippen molar-refractivity contribution < 1.29 is 4.79 Å². The summed E-state index contributed by atoms with van der Waals surface area (Å²) in [6, 6.07) is 6.35. The number of anilines is 1. The van der Waals surface area contributed by atoms with Gasteiger partial charge in [0, 0.05) is 12.2 Å². The van der Waals surface area contributed by atoms with E-state index in [2.05, 4.69) is 25.1 Å². The van der Waals surface area contributed by atoms with Gasteiger partial charge in [0.2, 0.25) is 6.41 Å². The Morgan fingerprint density at radius 1 is 1.22 bits per heavy atom. The van der Waals surface area contributed by atoms with E-state index >= 15 is 0 Å². The van der Waals surface area contributed by atoms with Crippen LogP contribution in [0.3, 0.4) is 0 Å². The van der Waals surface area contributed by atoms with E-state index in [1.165, 1.54) is 16.8 Å². The number of benzene rings is 1. The molecule has 2 rings (SSSR count). The van der Waals surface area contributed by atoms with Crippen LogP contribution < -0.4 is 4.90 Å². The Labute approximate surface area is 112 Å². The van der Waals surface area contributed by atoms with Gasteiger partial charge in [-0.3, -0.25) is 4.79 Å². The highest BCUT2D eigenvalue weighted by Gasteiger charge is 2.20. The molecule has 18 heavy (non-hydrogen) atoms. The topological polar surface area (TPSA) is 20.3 Å². The van der Waals surface area contributed by atoms with Crippen LogP contribution in [0.15, 0.2) is 18.2 Å². The number of hydrogen-bond acceptors (Lipinski definition) is 1. The normalized spacial score (nSPS) is 11.7. The second-order valence-electron chi connectivity index (χ2n) is 3.72. The van der Waals surface area contributed by atoms with Crippen molar-refractivity contribution >= 4 is 12.1 Å². The van der Waals surface area contributed by atoms with Gasteiger partial charge in [0.05, 0.1) is 0 Å². The second-order valence-corrected chi connectivity index (χ2v) is 3.72. The van der Waals surface area contributed by atoms with Crippen molar-refractivity contribution in [3.8, 4) is 0 Å². The van der Waals surface area contributed by atoms with Crippen molar-refractivity contribution in [2.45, 2.75) is 53.9 Å². The van der Waals surface area contributed by atoms with Crippen LogP contribution in [0, 0.1) is 0 Å². The van der Waals surface area contributed by atoms with Crippen molar-refractivity contribution in [3.05, 3.63) is 29.3 Å². The highest BCUT2D eigenvalue weighted by atomic mass is 16.1. The van der Waals surface area contributed by atoms with E-state index in [0.29, 0.717) is 0 Å². The standard InChI is InChI=1S/C12H15NO.2C2H6/c1-2-4-10-5-3-6-11-7-8-13(9-14)12(10)11;2*1-2/h3,5-6,9H,2,4,7-8H2,1H3;2*1-2H3. The maximum atomic E-state index is 10.9. The van der Waals surface area contributed by atoms with Crippen LogP contribution in [0.5, 0.6) is 0 Å². The van der Waals surface area contributed by atoms with Crippen LogP contribution in [0.2, 0.25) is 0 Å². The highest BCUT2D eigenvalue weighted by molar-refractivity contribution is 5.81. The fourth-order valence-corrected chi connectivity index (χ4v) is 2.14. The molecule has 1 aliphatic rings. The molecule has 0 unspecified atom stereocenters. The lowest BCUT2D eigenvalue weighted by atomic mass is 10.0. The van der Waals surface area contributed by atoms with E-state index in [1.54, 1.807) is 0 Å². The molecular formula is C16H27NO. The molecule has 1 heterocycles. The first-order valence-electron chi connectivity index (χ1n) is 7.19. The van der Waals surface area contributed by atoms with Crippen molar-refractivity contribution in [1.29, 1.82) is 0 Å². The summed E-state index contributed by atoms with van der Waals surface area (Å²) in [6.07, 6.45) is 4.15. The molecule has 0 aliphatic carbocycles. The molecule has 1 aromatic carbocycles. The molecule has 0 fully saturated rings. The number of aryl methyl sites for hydroxylation is 1. The molecule has 1 amide bonds. The van der Waals surface area contributed by atoms with Gasteiger partial charge < -0.3 is 4.90 Å². The summed E-state index contributed by atoms with van der Waals surface area (Å²) in [4.78, 5) is 12.7. The molecule has 1 aromatic rings. The zero-order valence-electron chi connectivity index (χ0n) is 12.5. The number of nitrogens with zero attached hydrogens (tertiary/aromatic N) is 1. The summed E-state index contributed by atoms with van der Waals surface area (Å²) >= 11 is 0. The lowest BCUT2D eigenvalue weighted by molar-refractivity contribution is -0.107. The molecule has 0 N–H and O–H groups in total. The van der Waals surface area contributed by atoms with Gasteiger partial charge in [-0.25, -0.2) is 0 Å². The molecule has 0 radical (unpaired) electrons. The van der Waals surface area contributed by atoms with Crippen LogP contribution in [0.1, 0.15) is 52.2 Å². The van der Waals surface area contributed by atoms with Crippen LogP contribution in [0.25, 0.3) is 0 Å². The number of hydrogen-bond donors (Lipinski definition) is 0. The van der Waals surface area contributed by atoms with E-state index in [9.17, 15) is 4.79 Å². The van der Waals surface area contributed by atoms with Gasteiger partial charge in [0.25, 0.3) is 0 Å². The second kappa shape index (κ2) is 9.69. The minimum Gasteiger partial charge on any atom is -0.314 e. The summed E-state index contributed by atoms with van der Waals surface area (Å²) in [5, 5.41) is 0. The monoisotopic (exact) mass is 249 g/mol. The van der Waals surface area contributed by atoms with Gasteiger partial charge in [-0.1, -0.05) is 59.2 Å². The number of carbonyl (C=O) groups excluding carboxylic acids is 1. The van der Waals surface area contributed by atoms with Crippen LogP contribution in [-0.2, 0) is 17.6 Å². The van der Waals surface area contributed by atoms with Gasteiger partial charge in [-0.2, -0.15) is 0 Å². The van der Waals surface area contributed by atoms with Gasteiger partial charge in [-0.05, 0) is 24.0 Å². The fraction of sp³-hybridized carbons (Fsp3) is 0.562. The van der Waals surface area contributed by atoms with Crippen molar-refractivity contribution in [1.82, 2.24) is 0 Å². The third kappa shape index (κ3) is 3.86. The Bertz CT molecular complexity index is 347. The molecule has 0 spiro atoms. The third-order valence-electron chi connectivity index (χ3n) is 2.76. The van der Waals surface area contributed by atoms with Crippen LogP contribution in [0.4, 0.5) is 5.69 Å². The average molecular weight is 249 g/mol.